The van der Waals surface area contributed by atoms with Crippen LogP contribution in [0.5, 0.6) is 0 Å². The molecule has 1 saturated carbocycles. The van der Waals surface area contributed by atoms with E-state index in [1.54, 1.807) is 13.0 Å². The van der Waals surface area contributed by atoms with Gasteiger partial charge in [-0.1, -0.05) is 40.3 Å². The van der Waals surface area contributed by atoms with Crippen LogP contribution in [0.2, 0.25) is 0 Å². The van der Waals surface area contributed by atoms with Crippen molar-refractivity contribution in [3.05, 3.63) is 83.7 Å². The van der Waals surface area contributed by atoms with Crippen LogP contribution in [0.3, 0.4) is 0 Å². The number of nitrogens with zero attached hydrogens (tertiary/aromatic N) is 3. The van der Waals surface area contributed by atoms with Crippen LogP contribution in [0.15, 0.2) is 75.8 Å². The van der Waals surface area contributed by atoms with Gasteiger partial charge in [-0.25, -0.2) is 21.6 Å². The molecule has 0 heterocycles. The quantitative estimate of drug-likeness (QED) is 0.252. The van der Waals surface area contributed by atoms with Crippen molar-refractivity contribution in [2.45, 2.75) is 45.4 Å². The van der Waals surface area contributed by atoms with E-state index in [4.69, 9.17) is 0 Å². The Morgan fingerprint density at radius 3 is 2.24 bits per heavy atom. The number of halogens is 3. The van der Waals surface area contributed by atoms with Crippen LogP contribution in [0, 0.1) is 34.2 Å². The van der Waals surface area contributed by atoms with E-state index in [1.807, 2.05) is 0 Å². The van der Waals surface area contributed by atoms with E-state index in [-0.39, 0.29) is 35.2 Å². The van der Waals surface area contributed by atoms with Crippen molar-refractivity contribution in [2.24, 2.45) is 27.0 Å². The molecular formula is C28H34F3N3O2S. The molecule has 0 saturated heterocycles. The zero-order valence-electron chi connectivity index (χ0n) is 21.9. The maximum Gasteiger partial charge on any atom is 0.243 e. The van der Waals surface area contributed by atoms with Crippen LogP contribution in [-0.4, -0.2) is 32.9 Å². The van der Waals surface area contributed by atoms with Gasteiger partial charge in [-0.2, -0.15) is 14.5 Å². The van der Waals surface area contributed by atoms with Crippen molar-refractivity contribution in [1.82, 2.24) is 4.31 Å². The van der Waals surface area contributed by atoms with E-state index in [1.165, 1.54) is 29.6 Å². The summed E-state index contributed by atoms with van der Waals surface area (Å²) in [5, 5.41) is 7.71. The normalized spacial score (nSPS) is 22.2. The lowest BCUT2D eigenvalue weighted by Crippen LogP contribution is -2.46. The van der Waals surface area contributed by atoms with Gasteiger partial charge in [-0.3, -0.25) is 0 Å². The maximum absolute atomic E-state index is 14.5. The number of hydrogen-bond donors (Lipinski definition) is 0. The Bertz CT molecular complexity index is 1300. The van der Waals surface area contributed by atoms with E-state index in [0.717, 1.165) is 24.3 Å². The minimum atomic E-state index is -3.83. The largest absolute Gasteiger partial charge is 0.243 e. The first-order chi connectivity index (χ1) is 17.3. The van der Waals surface area contributed by atoms with Gasteiger partial charge in [-0.15, -0.1) is 0 Å². The van der Waals surface area contributed by atoms with Crippen LogP contribution < -0.4 is 0 Å². The van der Waals surface area contributed by atoms with Gasteiger partial charge in [-0.05, 0) is 77.6 Å². The molecule has 200 valence electrons. The van der Waals surface area contributed by atoms with Gasteiger partial charge in [0.2, 0.25) is 10.0 Å². The lowest BCUT2D eigenvalue weighted by molar-refractivity contribution is 0.0803. The van der Waals surface area contributed by atoms with Gasteiger partial charge in [0.25, 0.3) is 0 Å². The molecule has 2 atom stereocenters. The predicted molar refractivity (Wildman–Crippen MR) is 140 cm³/mol. The lowest BCUT2D eigenvalue weighted by Gasteiger charge is -2.44. The standard InChI is InChI=1S/C28H34F3N3O2S/c1-7-34(37(35,36)21-13-11-20(29)12-14-21)18-28(5)16-15-22(27(28,3)4)19(2)17-25(33-32-6)26-23(30)9-8-10-24(26)31/h8-14,17,22H,2,7,15-16,18H2,1,3-6H3/b25-17-,33-32?. The molecule has 2 aromatic carbocycles. The zero-order valence-corrected chi connectivity index (χ0v) is 22.7. The fourth-order valence-electron chi connectivity index (χ4n) is 5.29. The zero-order chi connectivity index (χ0) is 27.6. The molecule has 0 radical (unpaired) electrons. The van der Waals surface area contributed by atoms with Crippen molar-refractivity contribution >= 4 is 15.7 Å². The van der Waals surface area contributed by atoms with Crippen molar-refractivity contribution < 1.29 is 21.6 Å². The van der Waals surface area contributed by atoms with Crippen LogP contribution in [0.1, 0.15) is 46.1 Å². The third-order valence-corrected chi connectivity index (χ3v) is 9.87. The molecule has 0 aliphatic heterocycles. The third-order valence-electron chi connectivity index (χ3n) is 7.94. The second-order valence-corrected chi connectivity index (χ2v) is 12.2. The molecule has 9 heteroatoms. The van der Waals surface area contributed by atoms with Crippen LogP contribution in [-0.2, 0) is 10.0 Å². The number of rotatable bonds is 9. The number of sulfonamides is 1. The van der Waals surface area contributed by atoms with Gasteiger partial charge < -0.3 is 0 Å². The summed E-state index contributed by atoms with van der Waals surface area (Å²) < 4.78 is 70.5. The van der Waals surface area contributed by atoms with E-state index in [9.17, 15) is 21.6 Å². The van der Waals surface area contributed by atoms with Gasteiger partial charge in [0.1, 0.15) is 17.5 Å². The summed E-state index contributed by atoms with van der Waals surface area (Å²) in [6.07, 6.45) is 2.99. The summed E-state index contributed by atoms with van der Waals surface area (Å²) in [6.45, 7) is 12.7. The SMILES string of the molecule is C=C(/C=C(\N=NC)c1c(F)cccc1F)C1CCC(C)(CN(CC)S(=O)(=O)c2ccc(F)cc2)C1(C)C. The third kappa shape index (κ3) is 5.57. The molecule has 3 rings (SSSR count). The average Bonchev–Trinajstić information content (AvgIpc) is 3.06. The second-order valence-electron chi connectivity index (χ2n) is 10.3. The molecule has 2 aromatic rings. The summed E-state index contributed by atoms with van der Waals surface area (Å²) in [6, 6.07) is 8.44. The molecular weight excluding hydrogens is 499 g/mol. The molecule has 1 aliphatic carbocycles. The highest BCUT2D eigenvalue weighted by atomic mass is 32.2. The van der Waals surface area contributed by atoms with Crippen molar-refractivity contribution in [1.29, 1.82) is 0 Å². The Labute approximate surface area is 217 Å². The highest BCUT2D eigenvalue weighted by Crippen LogP contribution is 2.58. The van der Waals surface area contributed by atoms with Crippen LogP contribution >= 0.6 is 0 Å². The molecule has 0 N–H and O–H groups in total. The van der Waals surface area contributed by atoms with Crippen molar-refractivity contribution in [3.8, 4) is 0 Å². The fourth-order valence-corrected chi connectivity index (χ4v) is 6.86. The van der Waals surface area contributed by atoms with Crippen LogP contribution in [0.25, 0.3) is 5.70 Å². The van der Waals surface area contributed by atoms with Gasteiger partial charge in [0.05, 0.1) is 16.2 Å². The van der Waals surface area contributed by atoms with E-state index in [0.29, 0.717) is 18.4 Å². The first-order valence-corrected chi connectivity index (χ1v) is 13.6. The van der Waals surface area contributed by atoms with Crippen LogP contribution in [0.4, 0.5) is 13.2 Å². The monoisotopic (exact) mass is 533 g/mol. The minimum absolute atomic E-state index is 0.0422. The molecule has 37 heavy (non-hydrogen) atoms. The molecule has 0 amide bonds. The average molecular weight is 534 g/mol. The Balaban J connectivity index is 1.92. The summed E-state index contributed by atoms with van der Waals surface area (Å²) in [5.74, 6) is -2.09. The van der Waals surface area contributed by atoms with Gasteiger partial charge >= 0.3 is 0 Å². The number of azo groups is 1. The highest BCUT2D eigenvalue weighted by Gasteiger charge is 2.53. The first-order valence-electron chi connectivity index (χ1n) is 12.2. The topological polar surface area (TPSA) is 62.1 Å². The molecule has 2 unspecified atom stereocenters. The summed E-state index contributed by atoms with van der Waals surface area (Å²) in [7, 11) is -2.41. The van der Waals surface area contributed by atoms with E-state index < -0.39 is 38.3 Å². The fraction of sp³-hybridized carbons (Fsp3) is 0.429. The minimum Gasteiger partial charge on any atom is -0.207 e. The van der Waals surface area contributed by atoms with Crippen molar-refractivity contribution in [2.75, 3.05) is 20.1 Å². The Kier molecular flexibility index (Phi) is 8.49. The Morgan fingerprint density at radius 1 is 1.11 bits per heavy atom. The number of benzene rings is 2. The molecule has 0 aromatic heterocycles. The maximum atomic E-state index is 14.5. The lowest BCUT2D eigenvalue weighted by atomic mass is 9.64. The Hall–Kier alpha value is -2.78. The molecule has 0 spiro atoms. The molecule has 5 nitrogen and oxygen atoms in total. The van der Waals surface area contributed by atoms with Gasteiger partial charge in [0, 0.05) is 20.1 Å². The smallest absolute Gasteiger partial charge is 0.207 e. The molecule has 0 bridgehead atoms. The van der Waals surface area contributed by atoms with E-state index in [2.05, 4.69) is 37.6 Å². The summed E-state index contributed by atoms with van der Waals surface area (Å²) >= 11 is 0. The van der Waals surface area contributed by atoms with Crippen molar-refractivity contribution in [3.63, 3.8) is 0 Å². The second kappa shape index (κ2) is 10.9. The predicted octanol–water partition coefficient (Wildman–Crippen LogP) is 7.24. The van der Waals surface area contributed by atoms with Gasteiger partial charge in [0.15, 0.2) is 0 Å². The molecule has 1 aliphatic rings. The summed E-state index contributed by atoms with van der Waals surface area (Å²) in [5.41, 5.74) is -0.443. The highest BCUT2D eigenvalue weighted by molar-refractivity contribution is 7.89. The van der Waals surface area contributed by atoms with E-state index >= 15 is 0 Å². The summed E-state index contributed by atoms with van der Waals surface area (Å²) in [4.78, 5) is 0.0422. The molecule has 1 fully saturated rings. The number of hydrogen-bond acceptors (Lipinski definition) is 4. The Morgan fingerprint density at radius 2 is 1.70 bits per heavy atom. The first kappa shape index (κ1) is 28.8. The number of allylic oxidation sites excluding steroid dienone is 2.